The molecule has 186 valence electrons. The van der Waals surface area contributed by atoms with E-state index < -0.39 is 5.82 Å². The number of benzene rings is 1. The van der Waals surface area contributed by atoms with E-state index in [0.29, 0.717) is 41.1 Å². The summed E-state index contributed by atoms with van der Waals surface area (Å²) in [6, 6.07) is 9.66. The number of rotatable bonds is 8. The minimum Gasteiger partial charge on any atom is -0.494 e. The first-order valence-electron chi connectivity index (χ1n) is 11.6. The lowest BCUT2D eigenvalue weighted by Gasteiger charge is -2.14. The van der Waals surface area contributed by atoms with Crippen molar-refractivity contribution >= 4 is 17.4 Å². The van der Waals surface area contributed by atoms with E-state index in [9.17, 15) is 14.0 Å². The molecular formula is C27H27FN4O4. The molecule has 2 aromatic heterocycles. The number of hydrogen-bond donors (Lipinski definition) is 1. The lowest BCUT2D eigenvalue weighted by atomic mass is 9.98. The number of nitrogens with one attached hydrogen (secondary N) is 1. The molecule has 0 bridgehead atoms. The van der Waals surface area contributed by atoms with Crippen molar-refractivity contribution in [1.29, 1.82) is 0 Å². The highest BCUT2D eigenvalue weighted by atomic mass is 19.1. The van der Waals surface area contributed by atoms with E-state index >= 15 is 0 Å². The first-order chi connectivity index (χ1) is 17.3. The molecule has 0 fully saturated rings. The number of halogens is 1. The van der Waals surface area contributed by atoms with Crippen molar-refractivity contribution in [3.05, 3.63) is 87.7 Å². The molecule has 1 aromatic carbocycles. The summed E-state index contributed by atoms with van der Waals surface area (Å²) in [5.41, 5.74) is 5.18. The average molecular weight is 491 g/mol. The Kier molecular flexibility index (Phi) is 7.38. The zero-order valence-electron chi connectivity index (χ0n) is 20.6. The molecule has 4 rings (SSSR count). The van der Waals surface area contributed by atoms with E-state index in [4.69, 9.17) is 9.57 Å². The maximum atomic E-state index is 13.7. The highest BCUT2D eigenvalue weighted by molar-refractivity contribution is 6.03. The third-order valence-electron chi connectivity index (χ3n) is 6.08. The Morgan fingerprint density at radius 2 is 2.03 bits per heavy atom. The van der Waals surface area contributed by atoms with Crippen molar-refractivity contribution < 1.29 is 23.6 Å². The minimum atomic E-state index is -0.460. The van der Waals surface area contributed by atoms with Crippen LogP contribution in [0.5, 0.6) is 5.75 Å². The van der Waals surface area contributed by atoms with E-state index in [0.717, 1.165) is 16.8 Å². The van der Waals surface area contributed by atoms with E-state index in [-0.39, 0.29) is 30.1 Å². The minimum absolute atomic E-state index is 0.106. The van der Waals surface area contributed by atoms with Crippen LogP contribution in [-0.2, 0) is 17.8 Å². The number of pyridine rings is 2. The van der Waals surface area contributed by atoms with Crippen LogP contribution < -0.4 is 10.1 Å². The Balaban J connectivity index is 1.52. The highest BCUT2D eigenvalue weighted by Crippen LogP contribution is 2.30. The first-order valence-corrected chi connectivity index (χ1v) is 11.6. The van der Waals surface area contributed by atoms with E-state index in [1.54, 1.807) is 36.5 Å². The van der Waals surface area contributed by atoms with Gasteiger partial charge in [-0.2, -0.15) is 0 Å². The summed E-state index contributed by atoms with van der Waals surface area (Å²) >= 11 is 0. The number of oxime groups is 1. The topological polar surface area (TPSA) is 103 Å². The van der Waals surface area contributed by atoms with Gasteiger partial charge >= 0.3 is 0 Å². The third kappa shape index (κ3) is 5.25. The van der Waals surface area contributed by atoms with Gasteiger partial charge in [-0.05, 0) is 48.7 Å². The Morgan fingerprint density at radius 3 is 2.69 bits per heavy atom. The quantitative estimate of drug-likeness (QED) is 0.467. The summed E-state index contributed by atoms with van der Waals surface area (Å²) in [6.07, 6.45) is 2.34. The molecular weight excluding hydrogens is 463 g/mol. The van der Waals surface area contributed by atoms with Crippen molar-refractivity contribution in [3.8, 4) is 5.75 Å². The highest BCUT2D eigenvalue weighted by Gasteiger charge is 2.27. The van der Waals surface area contributed by atoms with E-state index in [2.05, 4.69) is 20.4 Å². The first kappa shape index (κ1) is 25.0. The van der Waals surface area contributed by atoms with E-state index in [1.165, 1.54) is 20.1 Å². The third-order valence-corrected chi connectivity index (χ3v) is 6.08. The normalized spacial score (nSPS) is 14.7. The molecule has 1 atom stereocenters. The molecule has 8 nitrogen and oxygen atoms in total. The number of Topliss-reactive ketones (excluding diaryl/α,β-unsaturated/α-hetero) is 1. The summed E-state index contributed by atoms with van der Waals surface area (Å²) in [4.78, 5) is 39.1. The Morgan fingerprint density at radius 1 is 1.22 bits per heavy atom. The standard InChI is InChI=1S/C27H27FN4O4/c1-5-19-15(2)31-23(24-12-25(36-32-24)18-7-9-22(16(3)33)29-14-18)11-20(19)27(34)30-13-17-6-8-21(28)26(10-17)35-4/h6-11,14,25H,5,12-13H2,1-4H3,(H,30,34). The van der Waals surface area contributed by atoms with Gasteiger partial charge in [-0.25, -0.2) is 4.39 Å². The van der Waals surface area contributed by atoms with Gasteiger partial charge in [0.05, 0.1) is 12.8 Å². The number of methoxy groups -OCH3 is 1. The van der Waals surface area contributed by atoms with Gasteiger partial charge in [0.25, 0.3) is 5.91 Å². The van der Waals surface area contributed by atoms with Crippen molar-refractivity contribution in [1.82, 2.24) is 15.3 Å². The van der Waals surface area contributed by atoms with Gasteiger partial charge in [-0.1, -0.05) is 24.2 Å². The summed E-state index contributed by atoms with van der Waals surface area (Å²) in [7, 11) is 1.40. The van der Waals surface area contributed by atoms with Crippen LogP contribution in [0.15, 0.2) is 47.8 Å². The van der Waals surface area contributed by atoms with Crippen LogP contribution in [0, 0.1) is 12.7 Å². The van der Waals surface area contributed by atoms with Gasteiger partial charge in [0.1, 0.15) is 11.4 Å². The molecule has 1 unspecified atom stereocenters. The molecule has 1 N–H and O–H groups in total. The van der Waals surface area contributed by atoms with Crippen molar-refractivity contribution in [2.75, 3.05) is 7.11 Å². The van der Waals surface area contributed by atoms with Crippen LogP contribution in [0.1, 0.15) is 75.3 Å². The number of aryl methyl sites for hydroxylation is 1. The molecule has 36 heavy (non-hydrogen) atoms. The zero-order valence-corrected chi connectivity index (χ0v) is 20.6. The maximum absolute atomic E-state index is 13.7. The Hall–Kier alpha value is -4.14. The van der Waals surface area contributed by atoms with Crippen LogP contribution in [0.2, 0.25) is 0 Å². The van der Waals surface area contributed by atoms with Gasteiger partial charge < -0.3 is 14.9 Å². The fourth-order valence-electron chi connectivity index (χ4n) is 4.10. The number of ether oxygens (including phenoxy) is 1. The predicted molar refractivity (Wildman–Crippen MR) is 132 cm³/mol. The van der Waals surface area contributed by atoms with Crippen LogP contribution >= 0.6 is 0 Å². The van der Waals surface area contributed by atoms with Gasteiger partial charge in [-0.15, -0.1) is 0 Å². The molecule has 1 aliphatic rings. The predicted octanol–water partition coefficient (Wildman–Crippen LogP) is 4.49. The zero-order chi connectivity index (χ0) is 25.8. The van der Waals surface area contributed by atoms with Gasteiger partial charge in [0.2, 0.25) is 0 Å². The van der Waals surface area contributed by atoms with Crippen LogP contribution in [0.25, 0.3) is 0 Å². The number of carbonyl (C=O) groups is 2. The molecule has 3 heterocycles. The number of carbonyl (C=O) groups excluding carboxylic acids is 2. The number of ketones is 1. The summed E-state index contributed by atoms with van der Waals surface area (Å²) in [5, 5.41) is 7.12. The molecule has 0 saturated heterocycles. The summed E-state index contributed by atoms with van der Waals surface area (Å²) in [6.45, 7) is 5.51. The van der Waals surface area contributed by atoms with Gasteiger partial charge in [0.15, 0.2) is 23.5 Å². The fourth-order valence-corrected chi connectivity index (χ4v) is 4.10. The number of aromatic nitrogens is 2. The van der Waals surface area contributed by atoms with Crippen molar-refractivity contribution in [2.45, 2.75) is 46.3 Å². The van der Waals surface area contributed by atoms with Crippen molar-refractivity contribution in [2.24, 2.45) is 5.16 Å². The van der Waals surface area contributed by atoms with Gasteiger partial charge in [0, 0.05) is 42.9 Å². The smallest absolute Gasteiger partial charge is 0.251 e. The summed E-state index contributed by atoms with van der Waals surface area (Å²) in [5.74, 6) is -0.704. The Bertz CT molecular complexity index is 1340. The molecule has 1 amide bonds. The fraction of sp³-hybridized carbons (Fsp3) is 0.296. The second kappa shape index (κ2) is 10.6. The van der Waals surface area contributed by atoms with Crippen LogP contribution in [-0.4, -0.2) is 34.5 Å². The molecule has 0 spiro atoms. The van der Waals surface area contributed by atoms with Crippen molar-refractivity contribution in [3.63, 3.8) is 0 Å². The lowest BCUT2D eigenvalue weighted by molar-refractivity contribution is 0.0853. The molecule has 0 radical (unpaired) electrons. The van der Waals surface area contributed by atoms with E-state index in [1.807, 2.05) is 13.8 Å². The Labute approximate surface area is 208 Å². The summed E-state index contributed by atoms with van der Waals surface area (Å²) < 4.78 is 18.7. The average Bonchev–Trinajstić information content (AvgIpc) is 3.38. The lowest BCUT2D eigenvalue weighted by Crippen LogP contribution is -2.25. The monoisotopic (exact) mass is 490 g/mol. The number of amides is 1. The molecule has 1 aliphatic heterocycles. The SMILES string of the molecule is CCc1c(C(=O)NCc2ccc(F)c(OC)c2)cc(C2=NOC(c3ccc(C(C)=O)nc3)C2)nc1C. The molecule has 3 aromatic rings. The maximum Gasteiger partial charge on any atom is 0.251 e. The van der Waals surface area contributed by atoms with Gasteiger partial charge in [-0.3, -0.25) is 19.6 Å². The molecule has 0 saturated carbocycles. The second-order valence-electron chi connectivity index (χ2n) is 8.49. The molecule has 9 heteroatoms. The number of hydrogen-bond acceptors (Lipinski definition) is 7. The van der Waals surface area contributed by atoms with Crippen LogP contribution in [0.3, 0.4) is 0 Å². The van der Waals surface area contributed by atoms with Crippen LogP contribution in [0.4, 0.5) is 4.39 Å². The number of nitrogens with zero attached hydrogens (tertiary/aromatic N) is 3. The largest absolute Gasteiger partial charge is 0.494 e. The second-order valence-corrected chi connectivity index (χ2v) is 8.49. The molecule has 0 aliphatic carbocycles.